The molecule has 1 nitrogen and oxygen atoms in total. The summed E-state index contributed by atoms with van der Waals surface area (Å²) in [5, 5.41) is 2.90. The van der Waals surface area contributed by atoms with Gasteiger partial charge in [-0.25, -0.2) is 0 Å². The Balaban J connectivity index is 2.45. The Morgan fingerprint density at radius 3 is 2.74 bits per heavy atom. The molecule has 0 fully saturated rings. The van der Waals surface area contributed by atoms with Crippen molar-refractivity contribution in [1.29, 1.82) is 0 Å². The Hall–Kier alpha value is -0.0300. The van der Waals surface area contributed by atoms with Crippen LogP contribution in [-0.2, 0) is 0 Å². The fraction of sp³-hybridized carbons (Fsp3) is 0.286. The van der Waals surface area contributed by atoms with Crippen molar-refractivity contribution in [2.45, 2.75) is 18.7 Å². The monoisotopic (exact) mass is 422 g/mol. The van der Waals surface area contributed by atoms with E-state index in [2.05, 4.69) is 43.3 Å². The molecular weight excluding hydrogens is 411 g/mol. The average Bonchev–Trinajstić information content (AvgIpc) is 2.72. The SMILES string of the molecule is CCOc1ccc(Br)cc1C(Br)c1scc(C)c1Cl. The van der Waals surface area contributed by atoms with Crippen molar-refractivity contribution >= 4 is 54.8 Å². The summed E-state index contributed by atoms with van der Waals surface area (Å²) in [5.74, 6) is 0.884. The fourth-order valence-corrected chi connectivity index (χ4v) is 4.48. The molecule has 2 rings (SSSR count). The molecule has 0 spiro atoms. The molecule has 1 aromatic carbocycles. The lowest BCUT2D eigenvalue weighted by molar-refractivity contribution is 0.337. The maximum atomic E-state index is 6.35. The van der Waals surface area contributed by atoms with Crippen molar-refractivity contribution < 1.29 is 4.74 Å². The molecule has 1 heterocycles. The number of aryl methyl sites for hydroxylation is 1. The molecule has 0 aliphatic rings. The molecule has 2 aromatic rings. The quantitative estimate of drug-likeness (QED) is 0.519. The molecule has 5 heteroatoms. The van der Waals surface area contributed by atoms with Crippen LogP contribution in [0.1, 0.15) is 27.8 Å². The summed E-state index contributed by atoms with van der Waals surface area (Å²) in [5.41, 5.74) is 2.19. The molecule has 0 aliphatic heterocycles. The topological polar surface area (TPSA) is 9.23 Å². The molecule has 1 aromatic heterocycles. The Bertz CT molecular complexity index is 583. The van der Waals surface area contributed by atoms with Crippen LogP contribution in [0.3, 0.4) is 0 Å². The summed E-state index contributed by atoms with van der Waals surface area (Å²) in [6.07, 6.45) is 0. The van der Waals surface area contributed by atoms with E-state index < -0.39 is 0 Å². The van der Waals surface area contributed by atoms with Crippen molar-refractivity contribution in [3.05, 3.63) is 49.1 Å². The summed E-state index contributed by atoms with van der Waals surface area (Å²) in [4.78, 5) is 1.15. The second kappa shape index (κ2) is 6.61. The second-order valence-electron chi connectivity index (χ2n) is 4.07. The van der Waals surface area contributed by atoms with Gasteiger partial charge in [-0.05, 0) is 43.0 Å². The molecule has 0 saturated carbocycles. The van der Waals surface area contributed by atoms with E-state index >= 15 is 0 Å². The highest BCUT2D eigenvalue weighted by molar-refractivity contribution is 9.10. The van der Waals surface area contributed by atoms with Crippen LogP contribution in [-0.4, -0.2) is 6.61 Å². The predicted octanol–water partition coefficient (Wildman–Crippen LogP) is 6.36. The van der Waals surface area contributed by atoms with E-state index in [1.165, 1.54) is 0 Å². The van der Waals surface area contributed by atoms with E-state index in [0.717, 1.165) is 31.2 Å². The first-order chi connectivity index (χ1) is 9.04. The van der Waals surface area contributed by atoms with Gasteiger partial charge in [0, 0.05) is 14.9 Å². The minimum atomic E-state index is 0.0396. The first-order valence-corrected chi connectivity index (χ1v) is 8.81. The van der Waals surface area contributed by atoms with Crippen molar-refractivity contribution in [2.24, 2.45) is 0 Å². The molecule has 0 saturated heterocycles. The number of ether oxygens (including phenoxy) is 1. The van der Waals surface area contributed by atoms with Crippen LogP contribution in [0, 0.1) is 6.92 Å². The van der Waals surface area contributed by atoms with Gasteiger partial charge in [0.1, 0.15) is 5.75 Å². The van der Waals surface area contributed by atoms with Gasteiger partial charge in [0.15, 0.2) is 0 Å². The van der Waals surface area contributed by atoms with Crippen LogP contribution >= 0.6 is 54.8 Å². The third-order valence-electron chi connectivity index (χ3n) is 2.70. The number of rotatable bonds is 4. The van der Waals surface area contributed by atoms with Crippen LogP contribution in [0.15, 0.2) is 28.1 Å². The average molecular weight is 425 g/mol. The third kappa shape index (κ3) is 3.35. The Labute approximate surface area is 139 Å². The lowest BCUT2D eigenvalue weighted by Crippen LogP contribution is -1.99. The Morgan fingerprint density at radius 2 is 2.16 bits per heavy atom. The largest absolute Gasteiger partial charge is 0.494 e. The van der Waals surface area contributed by atoms with Crippen LogP contribution in [0.2, 0.25) is 5.02 Å². The van der Waals surface area contributed by atoms with Gasteiger partial charge in [-0.1, -0.05) is 43.5 Å². The van der Waals surface area contributed by atoms with Gasteiger partial charge in [0.25, 0.3) is 0 Å². The highest BCUT2D eigenvalue weighted by atomic mass is 79.9. The van der Waals surface area contributed by atoms with E-state index in [9.17, 15) is 0 Å². The highest BCUT2D eigenvalue weighted by Crippen LogP contribution is 2.44. The second-order valence-corrected chi connectivity index (χ2v) is 7.20. The zero-order valence-corrected chi connectivity index (χ0v) is 15.3. The number of halogens is 3. The molecular formula is C14H13Br2ClOS. The first-order valence-electron chi connectivity index (χ1n) is 5.84. The standard InChI is InChI=1S/C14H13Br2ClOS/c1-3-18-11-5-4-9(15)6-10(11)12(16)14-13(17)8(2)7-19-14/h4-7,12H,3H2,1-2H3. The fourth-order valence-electron chi connectivity index (χ4n) is 1.77. The molecule has 0 radical (unpaired) electrons. The van der Waals surface area contributed by atoms with Crippen LogP contribution in [0.25, 0.3) is 0 Å². The maximum absolute atomic E-state index is 6.35. The van der Waals surface area contributed by atoms with E-state index in [0.29, 0.717) is 6.61 Å². The lowest BCUT2D eigenvalue weighted by atomic mass is 10.1. The summed E-state index contributed by atoms with van der Waals surface area (Å²) in [7, 11) is 0. The number of thiophene rings is 1. The summed E-state index contributed by atoms with van der Waals surface area (Å²) >= 11 is 15.3. The minimum Gasteiger partial charge on any atom is -0.494 e. The number of alkyl halides is 1. The molecule has 0 amide bonds. The summed E-state index contributed by atoms with van der Waals surface area (Å²) in [6, 6.07) is 6.02. The summed E-state index contributed by atoms with van der Waals surface area (Å²) in [6.45, 7) is 4.65. The van der Waals surface area contributed by atoms with Crippen LogP contribution in [0.4, 0.5) is 0 Å². The zero-order chi connectivity index (χ0) is 14.0. The van der Waals surface area contributed by atoms with Gasteiger partial charge in [-0.2, -0.15) is 0 Å². The Kier molecular flexibility index (Phi) is 5.35. The number of benzene rings is 1. The van der Waals surface area contributed by atoms with Crippen molar-refractivity contribution in [3.8, 4) is 5.75 Å². The molecule has 0 aliphatic carbocycles. The van der Waals surface area contributed by atoms with Gasteiger partial charge < -0.3 is 4.74 Å². The van der Waals surface area contributed by atoms with Crippen molar-refractivity contribution in [3.63, 3.8) is 0 Å². The van der Waals surface area contributed by atoms with Gasteiger partial charge in [-0.3, -0.25) is 0 Å². The Morgan fingerprint density at radius 1 is 1.42 bits per heavy atom. The summed E-state index contributed by atoms with van der Waals surface area (Å²) < 4.78 is 6.72. The van der Waals surface area contributed by atoms with Gasteiger partial charge >= 0.3 is 0 Å². The first kappa shape index (κ1) is 15.4. The molecule has 102 valence electrons. The normalized spacial score (nSPS) is 12.5. The molecule has 1 unspecified atom stereocenters. The molecule has 1 atom stereocenters. The number of hydrogen-bond acceptors (Lipinski definition) is 2. The molecule has 19 heavy (non-hydrogen) atoms. The molecule has 0 N–H and O–H groups in total. The van der Waals surface area contributed by atoms with Gasteiger partial charge in [0.2, 0.25) is 0 Å². The van der Waals surface area contributed by atoms with Gasteiger partial charge in [-0.15, -0.1) is 11.3 Å². The predicted molar refractivity (Wildman–Crippen MR) is 90.1 cm³/mol. The maximum Gasteiger partial charge on any atom is 0.124 e. The number of hydrogen-bond donors (Lipinski definition) is 0. The smallest absolute Gasteiger partial charge is 0.124 e. The van der Waals surface area contributed by atoms with Crippen LogP contribution < -0.4 is 4.74 Å². The van der Waals surface area contributed by atoms with E-state index in [4.69, 9.17) is 16.3 Å². The van der Waals surface area contributed by atoms with E-state index in [1.54, 1.807) is 11.3 Å². The van der Waals surface area contributed by atoms with Crippen molar-refractivity contribution in [1.82, 2.24) is 0 Å². The highest BCUT2D eigenvalue weighted by Gasteiger charge is 2.21. The third-order valence-corrected chi connectivity index (χ3v) is 6.23. The van der Waals surface area contributed by atoms with Gasteiger partial charge in [0.05, 0.1) is 16.5 Å². The van der Waals surface area contributed by atoms with Crippen molar-refractivity contribution in [2.75, 3.05) is 6.61 Å². The van der Waals surface area contributed by atoms with Crippen LogP contribution in [0.5, 0.6) is 5.75 Å². The lowest BCUT2D eigenvalue weighted by Gasteiger charge is -2.15. The zero-order valence-electron chi connectivity index (χ0n) is 10.5. The molecule has 0 bridgehead atoms. The van der Waals surface area contributed by atoms with E-state index in [-0.39, 0.29) is 4.83 Å². The van der Waals surface area contributed by atoms with E-state index in [1.807, 2.05) is 26.0 Å². The minimum absolute atomic E-state index is 0.0396.